The standard InChI is InChI=1S/C22H25N3O2/c1-2-15(11-23-7-1)12-25-13-18(17-3-4-19-20(10-17)27-14-26-19)22-21(25)16-5-8-24(22)9-6-16/h1-4,7,10-11,16,18,21-22H,5-6,8-9,12-14H2/t18-,21+,22+/m1/s1. The lowest BCUT2D eigenvalue weighted by Crippen LogP contribution is -2.59. The van der Waals surface area contributed by atoms with Crippen LogP contribution in [0.3, 0.4) is 0 Å². The lowest BCUT2D eigenvalue weighted by molar-refractivity contribution is -0.00871. The van der Waals surface area contributed by atoms with Crippen LogP contribution in [0.2, 0.25) is 0 Å². The van der Waals surface area contributed by atoms with E-state index in [0.717, 1.165) is 30.5 Å². The van der Waals surface area contributed by atoms with Gasteiger partial charge in [-0.3, -0.25) is 14.8 Å². The number of ether oxygens (including phenoxy) is 2. The molecule has 0 radical (unpaired) electrons. The third-order valence-corrected chi connectivity index (χ3v) is 7.03. The van der Waals surface area contributed by atoms with Crippen molar-refractivity contribution in [1.29, 1.82) is 0 Å². The lowest BCUT2D eigenvalue weighted by atomic mass is 9.75. The molecule has 0 spiro atoms. The second-order valence-electron chi connectivity index (χ2n) is 8.36. The molecule has 5 heteroatoms. The molecule has 5 aliphatic heterocycles. The van der Waals surface area contributed by atoms with Crippen LogP contribution >= 0.6 is 0 Å². The van der Waals surface area contributed by atoms with Crippen molar-refractivity contribution in [3.63, 3.8) is 0 Å². The van der Waals surface area contributed by atoms with Gasteiger partial charge in [-0.1, -0.05) is 12.1 Å². The molecular weight excluding hydrogens is 338 g/mol. The molecule has 1 aromatic heterocycles. The Morgan fingerprint density at radius 1 is 1.04 bits per heavy atom. The van der Waals surface area contributed by atoms with E-state index >= 15 is 0 Å². The highest BCUT2D eigenvalue weighted by Gasteiger charge is 2.53. The normalized spacial score (nSPS) is 34.0. The number of likely N-dealkylation sites (tertiary alicyclic amines) is 1. The van der Waals surface area contributed by atoms with Crippen LogP contribution in [0, 0.1) is 5.92 Å². The van der Waals surface area contributed by atoms with Crippen LogP contribution in [0.4, 0.5) is 0 Å². The van der Waals surface area contributed by atoms with Crippen LogP contribution in [0.5, 0.6) is 11.5 Å². The van der Waals surface area contributed by atoms with Crippen LogP contribution in [-0.4, -0.2) is 53.3 Å². The zero-order valence-electron chi connectivity index (χ0n) is 15.5. The van der Waals surface area contributed by atoms with Crippen LogP contribution in [0.25, 0.3) is 0 Å². The number of hydrogen-bond donors (Lipinski definition) is 0. The maximum atomic E-state index is 5.66. The van der Waals surface area contributed by atoms with Crippen LogP contribution in [0.15, 0.2) is 42.7 Å². The van der Waals surface area contributed by atoms with Gasteiger partial charge in [-0.2, -0.15) is 0 Å². The number of piperidine rings is 3. The zero-order valence-corrected chi connectivity index (χ0v) is 15.5. The fraction of sp³-hybridized carbons (Fsp3) is 0.500. The summed E-state index contributed by atoms with van der Waals surface area (Å²) < 4.78 is 11.2. The van der Waals surface area contributed by atoms with Crippen LogP contribution in [-0.2, 0) is 6.54 Å². The minimum absolute atomic E-state index is 0.344. The van der Waals surface area contributed by atoms with Crippen molar-refractivity contribution in [3.8, 4) is 11.5 Å². The van der Waals surface area contributed by atoms with Crippen molar-refractivity contribution in [2.45, 2.75) is 37.4 Å². The summed E-state index contributed by atoms with van der Waals surface area (Å²) in [5.74, 6) is 3.15. The number of fused-ring (bicyclic) bond motifs is 3. The average molecular weight is 363 g/mol. The molecule has 0 unspecified atom stereocenters. The minimum Gasteiger partial charge on any atom is -0.454 e. The Morgan fingerprint density at radius 3 is 2.78 bits per heavy atom. The summed E-state index contributed by atoms with van der Waals surface area (Å²) in [6, 6.07) is 12.1. The molecule has 5 nitrogen and oxygen atoms in total. The molecule has 5 aliphatic rings. The third kappa shape index (κ3) is 2.56. The summed E-state index contributed by atoms with van der Waals surface area (Å²) in [6.07, 6.45) is 6.57. The van der Waals surface area contributed by atoms with Crippen molar-refractivity contribution in [3.05, 3.63) is 53.9 Å². The van der Waals surface area contributed by atoms with Gasteiger partial charge in [0, 0.05) is 43.5 Å². The first-order valence-electron chi connectivity index (χ1n) is 10.1. The van der Waals surface area contributed by atoms with Gasteiger partial charge < -0.3 is 9.47 Å². The number of nitrogens with zero attached hydrogens (tertiary/aromatic N) is 3. The van der Waals surface area contributed by atoms with Gasteiger partial charge in [0.1, 0.15) is 0 Å². The first-order valence-corrected chi connectivity index (χ1v) is 10.1. The number of rotatable bonds is 3. The smallest absolute Gasteiger partial charge is 0.231 e. The fourth-order valence-electron chi connectivity index (χ4n) is 5.89. The molecule has 140 valence electrons. The van der Waals surface area contributed by atoms with Gasteiger partial charge in [-0.15, -0.1) is 0 Å². The van der Waals surface area contributed by atoms with E-state index in [0.29, 0.717) is 24.8 Å². The molecule has 0 aliphatic carbocycles. The van der Waals surface area contributed by atoms with Crippen molar-refractivity contribution in [2.75, 3.05) is 26.4 Å². The SMILES string of the molecule is c1cncc(CN2C[C@H](c3ccc4c(c3)OCO4)[C@H]3[C@@H]2C2CCN3CC2)c1. The molecule has 4 saturated heterocycles. The summed E-state index contributed by atoms with van der Waals surface area (Å²) in [5.41, 5.74) is 2.72. The van der Waals surface area contributed by atoms with Gasteiger partial charge in [0.05, 0.1) is 0 Å². The van der Waals surface area contributed by atoms with Gasteiger partial charge >= 0.3 is 0 Å². The second-order valence-corrected chi connectivity index (χ2v) is 8.36. The summed E-state index contributed by atoms with van der Waals surface area (Å²) in [5, 5.41) is 0. The lowest BCUT2D eigenvalue weighted by Gasteiger charge is -2.51. The van der Waals surface area contributed by atoms with E-state index in [4.69, 9.17) is 9.47 Å². The summed E-state index contributed by atoms with van der Waals surface area (Å²) in [7, 11) is 0. The monoisotopic (exact) mass is 363 g/mol. The van der Waals surface area contributed by atoms with Gasteiger partial charge in [0.15, 0.2) is 11.5 Å². The highest BCUT2D eigenvalue weighted by molar-refractivity contribution is 5.46. The third-order valence-electron chi connectivity index (χ3n) is 7.03. The number of hydrogen-bond acceptors (Lipinski definition) is 5. The second kappa shape index (κ2) is 6.21. The highest BCUT2D eigenvalue weighted by atomic mass is 16.7. The number of pyridine rings is 1. The predicted octanol–water partition coefficient (Wildman–Crippen LogP) is 2.87. The molecule has 2 bridgehead atoms. The topological polar surface area (TPSA) is 37.8 Å². The Morgan fingerprint density at radius 2 is 1.93 bits per heavy atom. The molecule has 0 N–H and O–H groups in total. The maximum Gasteiger partial charge on any atom is 0.231 e. The molecule has 7 rings (SSSR count). The maximum absolute atomic E-state index is 5.66. The van der Waals surface area contributed by atoms with Gasteiger partial charge in [0.25, 0.3) is 0 Å². The highest BCUT2D eigenvalue weighted by Crippen LogP contribution is 2.48. The first kappa shape index (κ1) is 15.9. The van der Waals surface area contributed by atoms with E-state index in [1.807, 2.05) is 12.4 Å². The summed E-state index contributed by atoms with van der Waals surface area (Å²) in [6.45, 7) is 4.97. The summed E-state index contributed by atoms with van der Waals surface area (Å²) >= 11 is 0. The van der Waals surface area contributed by atoms with Gasteiger partial charge in [0.2, 0.25) is 6.79 Å². The summed E-state index contributed by atoms with van der Waals surface area (Å²) in [4.78, 5) is 9.81. The van der Waals surface area contributed by atoms with Crippen molar-refractivity contribution < 1.29 is 9.47 Å². The van der Waals surface area contributed by atoms with E-state index < -0.39 is 0 Å². The van der Waals surface area contributed by atoms with Crippen LogP contribution < -0.4 is 9.47 Å². The number of aromatic nitrogens is 1. The largest absolute Gasteiger partial charge is 0.454 e. The molecule has 6 heterocycles. The Kier molecular flexibility index (Phi) is 3.66. The van der Waals surface area contributed by atoms with E-state index in [9.17, 15) is 0 Å². The minimum atomic E-state index is 0.344. The fourth-order valence-corrected chi connectivity index (χ4v) is 5.89. The van der Waals surface area contributed by atoms with Crippen molar-refractivity contribution >= 4 is 0 Å². The molecule has 0 amide bonds. The Hall–Kier alpha value is -2.11. The van der Waals surface area contributed by atoms with Crippen molar-refractivity contribution in [1.82, 2.24) is 14.8 Å². The van der Waals surface area contributed by atoms with Gasteiger partial charge in [-0.05, 0) is 61.2 Å². The Bertz CT molecular complexity index is 835. The first-order chi connectivity index (χ1) is 13.4. The zero-order chi connectivity index (χ0) is 17.8. The van der Waals surface area contributed by atoms with E-state index in [1.165, 1.54) is 37.1 Å². The van der Waals surface area contributed by atoms with Crippen LogP contribution in [0.1, 0.15) is 29.9 Å². The molecule has 27 heavy (non-hydrogen) atoms. The van der Waals surface area contributed by atoms with E-state index in [2.05, 4.69) is 45.1 Å². The molecule has 0 saturated carbocycles. The molecule has 1 aromatic carbocycles. The molecule has 4 fully saturated rings. The Labute approximate surface area is 159 Å². The van der Waals surface area contributed by atoms with Gasteiger partial charge in [-0.25, -0.2) is 0 Å². The van der Waals surface area contributed by atoms with E-state index in [1.54, 1.807) is 0 Å². The average Bonchev–Trinajstić information content (AvgIpc) is 3.35. The molecular formula is C22H25N3O2. The Balaban J connectivity index is 1.35. The van der Waals surface area contributed by atoms with E-state index in [-0.39, 0.29) is 0 Å². The quantitative estimate of drug-likeness (QED) is 0.838. The van der Waals surface area contributed by atoms with Crippen molar-refractivity contribution in [2.24, 2.45) is 5.92 Å². The number of benzene rings is 1. The molecule has 2 aromatic rings. The predicted molar refractivity (Wildman–Crippen MR) is 102 cm³/mol. The molecule has 3 atom stereocenters.